The first kappa shape index (κ1) is 11.7. The molecule has 5 heteroatoms. The molecule has 0 unspecified atom stereocenters. The maximum Gasteiger partial charge on any atom is 0.138 e. The number of nitrogens with zero attached hydrogens (tertiary/aromatic N) is 1. The Morgan fingerprint density at radius 3 is 2.76 bits per heavy atom. The zero-order valence-corrected chi connectivity index (χ0v) is 9.62. The second kappa shape index (κ2) is 5.01. The molecule has 0 amide bonds. The first-order valence-corrected chi connectivity index (χ1v) is 5.31. The summed E-state index contributed by atoms with van der Waals surface area (Å²) in [6, 6.07) is 7.48. The predicted molar refractivity (Wildman–Crippen MR) is 64.4 cm³/mol. The average molecular weight is 253 g/mol. The van der Waals surface area contributed by atoms with Crippen LogP contribution in [0.2, 0.25) is 5.02 Å². The van der Waals surface area contributed by atoms with Crippen LogP contribution in [0.5, 0.6) is 5.75 Å². The first-order valence-electron chi connectivity index (χ1n) is 4.93. The minimum absolute atomic E-state index is 0.244. The summed E-state index contributed by atoms with van der Waals surface area (Å²) in [6.45, 7) is 0.304. The number of aromatic nitrogens is 1. The summed E-state index contributed by atoms with van der Waals surface area (Å²) < 4.78 is 18.2. The molecule has 0 atom stereocenters. The van der Waals surface area contributed by atoms with E-state index in [1.54, 1.807) is 18.3 Å². The van der Waals surface area contributed by atoms with Crippen LogP contribution in [-0.4, -0.2) is 4.98 Å². The van der Waals surface area contributed by atoms with E-state index in [9.17, 15) is 4.39 Å². The molecule has 0 aliphatic heterocycles. The number of halogens is 2. The maximum absolute atomic E-state index is 12.8. The van der Waals surface area contributed by atoms with Crippen molar-refractivity contribution in [3.05, 3.63) is 52.9 Å². The lowest BCUT2D eigenvalue weighted by atomic mass is 10.3. The van der Waals surface area contributed by atoms with Gasteiger partial charge in [-0.3, -0.25) is 0 Å². The van der Waals surface area contributed by atoms with Crippen molar-refractivity contribution < 1.29 is 9.13 Å². The summed E-state index contributed by atoms with van der Waals surface area (Å²) >= 11 is 5.82. The Labute approximate surface area is 103 Å². The standard InChI is InChI=1S/C12H10ClFN2O/c13-10-5-9(14)2-3-11(10)17-7-8-1-4-12(15)16-6-8/h1-6H,7H2,(H2,15,16). The van der Waals surface area contributed by atoms with Gasteiger partial charge in [0, 0.05) is 11.8 Å². The number of pyridine rings is 1. The van der Waals surface area contributed by atoms with Crippen LogP contribution in [0, 0.1) is 5.82 Å². The molecule has 0 spiro atoms. The molecule has 0 aliphatic rings. The summed E-state index contributed by atoms with van der Waals surface area (Å²) in [5.74, 6) is 0.495. The molecule has 1 aromatic heterocycles. The molecule has 2 aromatic rings. The summed E-state index contributed by atoms with van der Waals surface area (Å²) in [4.78, 5) is 3.93. The van der Waals surface area contributed by atoms with Gasteiger partial charge in [0.1, 0.15) is 24.0 Å². The number of hydrogen-bond acceptors (Lipinski definition) is 3. The molecule has 0 fully saturated rings. The van der Waals surface area contributed by atoms with Gasteiger partial charge in [0.25, 0.3) is 0 Å². The third kappa shape index (κ3) is 3.07. The third-order valence-electron chi connectivity index (χ3n) is 2.14. The quantitative estimate of drug-likeness (QED) is 0.913. The highest BCUT2D eigenvalue weighted by molar-refractivity contribution is 6.32. The summed E-state index contributed by atoms with van der Waals surface area (Å²) in [5, 5.41) is 0.244. The van der Waals surface area contributed by atoms with Gasteiger partial charge in [-0.1, -0.05) is 17.7 Å². The fourth-order valence-corrected chi connectivity index (χ4v) is 1.50. The van der Waals surface area contributed by atoms with Crippen LogP contribution in [0.4, 0.5) is 10.2 Å². The molecule has 1 heterocycles. The fourth-order valence-electron chi connectivity index (χ4n) is 1.27. The van der Waals surface area contributed by atoms with Gasteiger partial charge in [0.15, 0.2) is 0 Å². The van der Waals surface area contributed by atoms with Gasteiger partial charge in [-0.25, -0.2) is 9.37 Å². The van der Waals surface area contributed by atoms with E-state index in [2.05, 4.69) is 4.98 Å². The highest BCUT2D eigenvalue weighted by atomic mass is 35.5. The van der Waals surface area contributed by atoms with E-state index in [1.807, 2.05) is 0 Å². The predicted octanol–water partition coefficient (Wildman–Crippen LogP) is 3.04. The molecule has 0 saturated heterocycles. The van der Waals surface area contributed by atoms with Gasteiger partial charge < -0.3 is 10.5 Å². The molecule has 0 saturated carbocycles. The van der Waals surface area contributed by atoms with Crippen molar-refractivity contribution in [2.24, 2.45) is 0 Å². The SMILES string of the molecule is Nc1ccc(COc2ccc(F)cc2Cl)cn1. The van der Waals surface area contributed by atoms with Crippen molar-refractivity contribution in [1.82, 2.24) is 4.98 Å². The van der Waals surface area contributed by atoms with Gasteiger partial charge >= 0.3 is 0 Å². The number of benzene rings is 1. The number of nitrogen functional groups attached to an aromatic ring is 1. The zero-order chi connectivity index (χ0) is 12.3. The first-order chi connectivity index (χ1) is 8.15. The van der Waals surface area contributed by atoms with E-state index in [0.29, 0.717) is 18.2 Å². The Morgan fingerprint density at radius 1 is 1.29 bits per heavy atom. The maximum atomic E-state index is 12.8. The second-order valence-electron chi connectivity index (χ2n) is 3.45. The van der Waals surface area contributed by atoms with Crippen molar-refractivity contribution in [1.29, 1.82) is 0 Å². The van der Waals surface area contributed by atoms with E-state index < -0.39 is 5.82 Å². The molecule has 3 nitrogen and oxygen atoms in total. The highest BCUT2D eigenvalue weighted by Gasteiger charge is 2.03. The van der Waals surface area contributed by atoms with Crippen molar-refractivity contribution in [3.8, 4) is 5.75 Å². The lowest BCUT2D eigenvalue weighted by Crippen LogP contribution is -1.98. The Bertz CT molecular complexity index is 516. The van der Waals surface area contributed by atoms with Crippen molar-refractivity contribution in [3.63, 3.8) is 0 Å². The Balaban J connectivity index is 2.04. The molecule has 2 N–H and O–H groups in total. The average Bonchev–Trinajstić information content (AvgIpc) is 2.30. The number of ether oxygens (including phenoxy) is 1. The summed E-state index contributed by atoms with van der Waals surface area (Å²) in [7, 11) is 0. The highest BCUT2D eigenvalue weighted by Crippen LogP contribution is 2.25. The van der Waals surface area contributed by atoms with Crippen LogP contribution in [0.15, 0.2) is 36.5 Å². The van der Waals surface area contributed by atoms with E-state index in [0.717, 1.165) is 5.56 Å². The van der Waals surface area contributed by atoms with Crippen molar-refractivity contribution in [2.45, 2.75) is 6.61 Å². The monoisotopic (exact) mass is 252 g/mol. The lowest BCUT2D eigenvalue weighted by Gasteiger charge is -2.07. The minimum atomic E-state index is -0.392. The van der Waals surface area contributed by atoms with E-state index >= 15 is 0 Å². The second-order valence-corrected chi connectivity index (χ2v) is 3.86. The van der Waals surface area contributed by atoms with Gasteiger partial charge in [-0.2, -0.15) is 0 Å². The van der Waals surface area contributed by atoms with Gasteiger partial charge in [-0.05, 0) is 24.3 Å². The number of rotatable bonds is 3. The largest absolute Gasteiger partial charge is 0.487 e. The fraction of sp³-hybridized carbons (Fsp3) is 0.0833. The Morgan fingerprint density at radius 2 is 2.12 bits per heavy atom. The molecule has 0 bridgehead atoms. The molecule has 0 radical (unpaired) electrons. The third-order valence-corrected chi connectivity index (χ3v) is 2.43. The smallest absolute Gasteiger partial charge is 0.138 e. The summed E-state index contributed by atoms with van der Waals surface area (Å²) in [6.07, 6.45) is 1.62. The molecular weight excluding hydrogens is 243 g/mol. The van der Waals surface area contributed by atoms with Gasteiger partial charge in [-0.15, -0.1) is 0 Å². The van der Waals surface area contributed by atoms with Crippen LogP contribution in [0.1, 0.15) is 5.56 Å². The molecule has 17 heavy (non-hydrogen) atoms. The summed E-state index contributed by atoms with van der Waals surface area (Å²) in [5.41, 5.74) is 6.32. The van der Waals surface area contributed by atoms with Crippen LogP contribution in [0.3, 0.4) is 0 Å². The van der Waals surface area contributed by atoms with Crippen molar-refractivity contribution in [2.75, 3.05) is 5.73 Å². The lowest BCUT2D eigenvalue weighted by molar-refractivity contribution is 0.305. The van der Waals surface area contributed by atoms with Crippen LogP contribution >= 0.6 is 11.6 Å². The molecule has 2 rings (SSSR count). The van der Waals surface area contributed by atoms with E-state index in [4.69, 9.17) is 22.1 Å². The molecule has 88 valence electrons. The number of nitrogens with two attached hydrogens (primary N) is 1. The topological polar surface area (TPSA) is 48.1 Å². The normalized spacial score (nSPS) is 10.2. The molecule has 1 aromatic carbocycles. The van der Waals surface area contributed by atoms with Gasteiger partial charge in [0.2, 0.25) is 0 Å². The van der Waals surface area contributed by atoms with Crippen molar-refractivity contribution >= 4 is 17.4 Å². The Hall–Kier alpha value is -1.81. The van der Waals surface area contributed by atoms with Crippen LogP contribution in [-0.2, 0) is 6.61 Å². The Kier molecular flexibility index (Phi) is 3.44. The van der Waals surface area contributed by atoms with Crippen LogP contribution in [0.25, 0.3) is 0 Å². The molecular formula is C12H10ClFN2O. The van der Waals surface area contributed by atoms with E-state index in [-0.39, 0.29) is 5.02 Å². The number of hydrogen-bond donors (Lipinski definition) is 1. The zero-order valence-electron chi connectivity index (χ0n) is 8.86. The van der Waals surface area contributed by atoms with Crippen LogP contribution < -0.4 is 10.5 Å². The van der Waals surface area contributed by atoms with E-state index in [1.165, 1.54) is 18.2 Å². The van der Waals surface area contributed by atoms with Gasteiger partial charge in [0.05, 0.1) is 5.02 Å². The number of anilines is 1. The minimum Gasteiger partial charge on any atom is -0.487 e. The molecule has 0 aliphatic carbocycles.